The monoisotopic (exact) mass is 383 g/mol. The van der Waals surface area contributed by atoms with Gasteiger partial charge in [-0.05, 0) is 37.1 Å². The van der Waals surface area contributed by atoms with Crippen molar-refractivity contribution in [3.05, 3.63) is 24.3 Å². The maximum Gasteiger partial charge on any atom is 0.243 e. The summed E-state index contributed by atoms with van der Waals surface area (Å²) in [5.41, 5.74) is 0.544. The number of piperidine rings is 1. The summed E-state index contributed by atoms with van der Waals surface area (Å²) in [5.74, 6) is -0.453. The number of sulfonamides is 1. The molecule has 0 aliphatic carbocycles. The van der Waals surface area contributed by atoms with Crippen molar-refractivity contribution in [3.63, 3.8) is 0 Å². The first-order chi connectivity index (χ1) is 12.3. The number of rotatable bonds is 7. The Kier molecular flexibility index (Phi) is 7.13. The number of benzene rings is 1. The molecule has 9 heteroatoms. The van der Waals surface area contributed by atoms with E-state index < -0.39 is 10.0 Å². The quantitative estimate of drug-likeness (QED) is 0.678. The third kappa shape index (κ3) is 5.26. The molecule has 0 saturated carbocycles. The first-order valence-electron chi connectivity index (χ1n) is 8.49. The number of nitrogens with one attached hydrogen (secondary N) is 2. The molecule has 8 nitrogen and oxygen atoms in total. The predicted octanol–water partition coefficient (Wildman–Crippen LogP) is 0.808. The summed E-state index contributed by atoms with van der Waals surface area (Å²) in [4.78, 5) is 23.3. The van der Waals surface area contributed by atoms with Gasteiger partial charge < -0.3 is 15.4 Å². The van der Waals surface area contributed by atoms with E-state index in [0.29, 0.717) is 44.8 Å². The number of carbonyl (C=O) groups excluding carboxylic acids is 2. The smallest absolute Gasteiger partial charge is 0.243 e. The van der Waals surface area contributed by atoms with Gasteiger partial charge in [-0.2, -0.15) is 4.31 Å². The molecule has 2 rings (SSSR count). The number of hydrogen-bond acceptors (Lipinski definition) is 5. The van der Waals surface area contributed by atoms with E-state index >= 15 is 0 Å². The molecule has 144 valence electrons. The predicted molar refractivity (Wildman–Crippen MR) is 97.1 cm³/mol. The number of hydrogen-bond donors (Lipinski definition) is 2. The Morgan fingerprint density at radius 2 is 1.81 bits per heavy atom. The summed E-state index contributed by atoms with van der Waals surface area (Å²) >= 11 is 0. The molecule has 2 amide bonds. The SMILES string of the molecule is COCCNC(=O)C1CCN(S(=O)(=O)c2ccc(NC(C)=O)cc2)CC1. The molecule has 1 heterocycles. The highest BCUT2D eigenvalue weighted by molar-refractivity contribution is 7.89. The van der Waals surface area contributed by atoms with Gasteiger partial charge in [-0.25, -0.2) is 8.42 Å². The summed E-state index contributed by atoms with van der Waals surface area (Å²) in [7, 11) is -2.04. The van der Waals surface area contributed by atoms with Crippen LogP contribution in [0.1, 0.15) is 19.8 Å². The molecule has 1 aliphatic heterocycles. The van der Waals surface area contributed by atoms with E-state index in [4.69, 9.17) is 4.74 Å². The van der Waals surface area contributed by atoms with Crippen LogP contribution in [0.2, 0.25) is 0 Å². The minimum atomic E-state index is -3.61. The van der Waals surface area contributed by atoms with E-state index in [-0.39, 0.29) is 22.6 Å². The van der Waals surface area contributed by atoms with Crippen molar-refractivity contribution in [3.8, 4) is 0 Å². The van der Waals surface area contributed by atoms with E-state index in [1.54, 1.807) is 19.2 Å². The molecule has 0 bridgehead atoms. The number of methoxy groups -OCH3 is 1. The van der Waals surface area contributed by atoms with Crippen molar-refractivity contribution in [1.29, 1.82) is 0 Å². The lowest BCUT2D eigenvalue weighted by Gasteiger charge is -2.30. The van der Waals surface area contributed by atoms with Crippen LogP contribution in [0.4, 0.5) is 5.69 Å². The van der Waals surface area contributed by atoms with E-state index in [2.05, 4.69) is 10.6 Å². The number of anilines is 1. The lowest BCUT2D eigenvalue weighted by Crippen LogP contribution is -2.43. The lowest BCUT2D eigenvalue weighted by atomic mass is 9.97. The zero-order valence-electron chi connectivity index (χ0n) is 15.0. The second-order valence-electron chi connectivity index (χ2n) is 6.17. The fraction of sp³-hybridized carbons (Fsp3) is 0.529. The van der Waals surface area contributed by atoms with Crippen molar-refractivity contribution in [2.75, 3.05) is 38.7 Å². The van der Waals surface area contributed by atoms with Crippen LogP contribution in [0.5, 0.6) is 0 Å². The van der Waals surface area contributed by atoms with Crippen molar-refractivity contribution in [2.45, 2.75) is 24.7 Å². The minimum absolute atomic E-state index is 0.0567. The molecule has 1 saturated heterocycles. The van der Waals surface area contributed by atoms with Gasteiger partial charge in [-0.15, -0.1) is 0 Å². The average molecular weight is 383 g/mol. The second-order valence-corrected chi connectivity index (χ2v) is 8.11. The molecule has 1 aromatic rings. The summed E-state index contributed by atoms with van der Waals surface area (Å²) in [6.45, 7) is 2.90. The maximum absolute atomic E-state index is 12.7. The number of carbonyl (C=O) groups is 2. The molecule has 26 heavy (non-hydrogen) atoms. The molecule has 0 aromatic heterocycles. The van der Waals surface area contributed by atoms with Crippen LogP contribution in [-0.2, 0) is 24.3 Å². The Bertz CT molecular complexity index is 725. The largest absolute Gasteiger partial charge is 0.383 e. The molecule has 2 N–H and O–H groups in total. The molecule has 1 fully saturated rings. The topological polar surface area (TPSA) is 105 Å². The lowest BCUT2D eigenvalue weighted by molar-refractivity contribution is -0.126. The fourth-order valence-electron chi connectivity index (χ4n) is 2.84. The van der Waals surface area contributed by atoms with Gasteiger partial charge in [-0.1, -0.05) is 0 Å². The van der Waals surface area contributed by atoms with Crippen LogP contribution >= 0.6 is 0 Å². The first kappa shape index (κ1) is 20.3. The van der Waals surface area contributed by atoms with E-state index in [0.717, 1.165) is 0 Å². The van der Waals surface area contributed by atoms with Crippen molar-refractivity contribution in [1.82, 2.24) is 9.62 Å². The van der Waals surface area contributed by atoms with Crippen LogP contribution in [0, 0.1) is 5.92 Å². The van der Waals surface area contributed by atoms with Gasteiger partial charge in [0.15, 0.2) is 0 Å². The molecular formula is C17H25N3O5S. The number of ether oxygens (including phenoxy) is 1. The van der Waals surface area contributed by atoms with Gasteiger partial charge in [0.2, 0.25) is 21.8 Å². The second kappa shape index (κ2) is 9.11. The van der Waals surface area contributed by atoms with Crippen LogP contribution in [0.15, 0.2) is 29.2 Å². The number of amides is 2. The van der Waals surface area contributed by atoms with Crippen molar-refractivity contribution >= 4 is 27.5 Å². The third-order valence-corrected chi connectivity index (χ3v) is 6.16. The van der Waals surface area contributed by atoms with Gasteiger partial charge in [0.1, 0.15) is 0 Å². The van der Waals surface area contributed by atoms with Gasteiger partial charge in [-0.3, -0.25) is 9.59 Å². The Labute approximate surface area is 153 Å². The van der Waals surface area contributed by atoms with E-state index in [1.807, 2.05) is 0 Å². The first-order valence-corrected chi connectivity index (χ1v) is 9.93. The van der Waals surface area contributed by atoms with Crippen molar-refractivity contribution < 1.29 is 22.7 Å². The summed E-state index contributed by atoms with van der Waals surface area (Å²) in [5, 5.41) is 5.40. The standard InChI is InChI=1S/C17H25N3O5S/c1-13(21)19-15-3-5-16(6-4-15)26(23,24)20-10-7-14(8-11-20)17(22)18-9-12-25-2/h3-6,14H,7-12H2,1-2H3,(H,18,22)(H,19,21). The molecule has 0 spiro atoms. The fourth-order valence-corrected chi connectivity index (χ4v) is 4.31. The Morgan fingerprint density at radius 3 is 2.35 bits per heavy atom. The Hall–Kier alpha value is -1.97. The molecule has 0 radical (unpaired) electrons. The third-order valence-electron chi connectivity index (χ3n) is 4.24. The normalized spacial score (nSPS) is 16.2. The van der Waals surface area contributed by atoms with Crippen LogP contribution in [0.3, 0.4) is 0 Å². The zero-order valence-corrected chi connectivity index (χ0v) is 15.8. The van der Waals surface area contributed by atoms with Crippen LogP contribution < -0.4 is 10.6 Å². The van der Waals surface area contributed by atoms with E-state index in [1.165, 1.54) is 23.4 Å². The number of nitrogens with zero attached hydrogens (tertiary/aromatic N) is 1. The van der Waals surface area contributed by atoms with Gasteiger partial charge in [0.25, 0.3) is 0 Å². The van der Waals surface area contributed by atoms with Crippen molar-refractivity contribution in [2.24, 2.45) is 5.92 Å². The van der Waals surface area contributed by atoms with Gasteiger partial charge in [0, 0.05) is 45.3 Å². The van der Waals surface area contributed by atoms with Gasteiger partial charge in [0.05, 0.1) is 11.5 Å². The average Bonchev–Trinajstić information content (AvgIpc) is 2.62. The Balaban J connectivity index is 1.95. The zero-order chi connectivity index (χ0) is 19.2. The summed E-state index contributed by atoms with van der Waals surface area (Å²) in [6.07, 6.45) is 0.976. The maximum atomic E-state index is 12.7. The molecule has 0 atom stereocenters. The van der Waals surface area contributed by atoms with Crippen LogP contribution in [0.25, 0.3) is 0 Å². The molecule has 0 unspecified atom stereocenters. The van der Waals surface area contributed by atoms with Gasteiger partial charge >= 0.3 is 0 Å². The molecular weight excluding hydrogens is 358 g/mol. The minimum Gasteiger partial charge on any atom is -0.383 e. The Morgan fingerprint density at radius 1 is 1.19 bits per heavy atom. The highest BCUT2D eigenvalue weighted by Crippen LogP contribution is 2.24. The van der Waals surface area contributed by atoms with E-state index in [9.17, 15) is 18.0 Å². The summed E-state index contributed by atoms with van der Waals surface area (Å²) < 4.78 is 31.8. The highest BCUT2D eigenvalue weighted by Gasteiger charge is 2.31. The summed E-state index contributed by atoms with van der Waals surface area (Å²) in [6, 6.07) is 6.07. The highest BCUT2D eigenvalue weighted by atomic mass is 32.2. The molecule has 1 aliphatic rings. The molecule has 1 aromatic carbocycles. The van der Waals surface area contributed by atoms with Crippen LogP contribution in [-0.4, -0.2) is 57.9 Å².